The van der Waals surface area contributed by atoms with Crippen LogP contribution >= 0.6 is 23.1 Å². The maximum Gasteiger partial charge on any atom is 0.412 e. The van der Waals surface area contributed by atoms with Crippen molar-refractivity contribution in [1.82, 2.24) is 4.37 Å². The van der Waals surface area contributed by atoms with E-state index in [-0.39, 0.29) is 21.7 Å². The first-order valence-corrected chi connectivity index (χ1v) is 13.3. The quantitative estimate of drug-likeness (QED) is 0.235. The van der Waals surface area contributed by atoms with Gasteiger partial charge in [0.15, 0.2) is 0 Å². The van der Waals surface area contributed by atoms with Crippen LogP contribution in [0.15, 0.2) is 60.7 Å². The Morgan fingerprint density at radius 3 is 2.36 bits per heavy atom. The number of aromatic nitrogens is 1. The Hall–Kier alpha value is -3.82. The average molecular weight is 569 g/mol. The van der Waals surface area contributed by atoms with E-state index in [9.17, 15) is 14.7 Å². The van der Waals surface area contributed by atoms with Crippen LogP contribution in [0.1, 0.15) is 42.7 Å². The van der Waals surface area contributed by atoms with Crippen LogP contribution in [0.4, 0.5) is 19.3 Å². The van der Waals surface area contributed by atoms with Crippen LogP contribution in [-0.4, -0.2) is 21.5 Å². The van der Waals surface area contributed by atoms with Gasteiger partial charge in [0, 0.05) is 21.7 Å². The van der Waals surface area contributed by atoms with Crippen LogP contribution in [0.5, 0.6) is 0 Å². The minimum absolute atomic E-state index is 0.0340. The number of halogens is 3. The summed E-state index contributed by atoms with van der Waals surface area (Å²) in [4.78, 5) is 24.5. The number of carbonyl (C=O) groups excluding carboxylic acids is 1. The molecule has 1 amide bonds. The van der Waals surface area contributed by atoms with Gasteiger partial charge in [-0.3, -0.25) is 10.1 Å². The molecule has 5 rings (SSSR count). The minimum Gasteiger partial charge on any atom is -0.481 e. The number of benzene rings is 3. The summed E-state index contributed by atoms with van der Waals surface area (Å²) in [6.07, 6.45) is -0.342. The number of aryl methyl sites for hydroxylation is 1. The number of nitrogens with zero attached hydrogens (tertiary/aromatic N) is 1. The van der Waals surface area contributed by atoms with E-state index in [1.807, 2.05) is 0 Å². The summed E-state index contributed by atoms with van der Waals surface area (Å²) >= 11 is 7.11. The van der Waals surface area contributed by atoms with Crippen molar-refractivity contribution >= 4 is 40.9 Å². The van der Waals surface area contributed by atoms with E-state index < -0.39 is 35.2 Å². The number of aliphatic carboxylic acids is 1. The SMILES string of the molecule is Cc1nsc(-c2cc(F)c(-c3ccc(C4(C(=O)O)CC4)cc3)cc2F)c1NC(=O)OC(C)c1ccccc1Cl. The predicted molar refractivity (Wildman–Crippen MR) is 146 cm³/mol. The van der Waals surface area contributed by atoms with Gasteiger partial charge in [-0.2, -0.15) is 4.37 Å². The second-order valence-corrected chi connectivity index (χ2v) is 10.6. The Morgan fingerprint density at radius 2 is 1.72 bits per heavy atom. The number of ether oxygens (including phenoxy) is 1. The number of amides is 1. The highest BCUT2D eigenvalue weighted by atomic mass is 35.5. The first kappa shape index (κ1) is 26.8. The van der Waals surface area contributed by atoms with Gasteiger partial charge in [-0.05, 0) is 67.5 Å². The van der Waals surface area contributed by atoms with Crippen molar-refractivity contribution in [2.45, 2.75) is 38.2 Å². The van der Waals surface area contributed by atoms with Gasteiger partial charge in [-0.1, -0.05) is 54.1 Å². The van der Waals surface area contributed by atoms with Crippen molar-refractivity contribution in [3.63, 3.8) is 0 Å². The molecule has 10 heteroatoms. The molecule has 0 aliphatic heterocycles. The fourth-order valence-corrected chi connectivity index (χ4v) is 5.68. The molecular formula is C29H23ClF2N2O4S. The third kappa shape index (κ3) is 5.12. The molecule has 1 aliphatic carbocycles. The summed E-state index contributed by atoms with van der Waals surface area (Å²) in [6.45, 7) is 3.31. The summed E-state index contributed by atoms with van der Waals surface area (Å²) in [5.74, 6) is -2.27. The van der Waals surface area contributed by atoms with Gasteiger partial charge in [0.1, 0.15) is 17.7 Å². The molecule has 0 radical (unpaired) electrons. The lowest BCUT2D eigenvalue weighted by molar-refractivity contribution is -0.140. The summed E-state index contributed by atoms with van der Waals surface area (Å²) in [5, 5.41) is 12.6. The zero-order valence-electron chi connectivity index (χ0n) is 20.9. The van der Waals surface area contributed by atoms with Crippen LogP contribution in [0.2, 0.25) is 5.02 Å². The Bertz CT molecular complexity index is 1580. The number of anilines is 1. The summed E-state index contributed by atoms with van der Waals surface area (Å²) in [7, 11) is 0. The second-order valence-electron chi connectivity index (χ2n) is 9.44. The van der Waals surface area contributed by atoms with E-state index in [2.05, 4.69) is 9.69 Å². The molecule has 3 aromatic carbocycles. The normalized spacial score (nSPS) is 14.5. The second kappa shape index (κ2) is 10.4. The lowest BCUT2D eigenvalue weighted by Gasteiger charge is -2.16. The van der Waals surface area contributed by atoms with E-state index in [0.717, 1.165) is 23.7 Å². The maximum atomic E-state index is 15.4. The Kier molecular flexibility index (Phi) is 7.13. The summed E-state index contributed by atoms with van der Waals surface area (Å²) < 4.78 is 40.3. The number of hydrogen-bond acceptors (Lipinski definition) is 5. The van der Waals surface area contributed by atoms with Crippen LogP contribution < -0.4 is 5.32 Å². The van der Waals surface area contributed by atoms with Crippen LogP contribution in [-0.2, 0) is 14.9 Å². The maximum absolute atomic E-state index is 15.4. The molecule has 6 nitrogen and oxygen atoms in total. The third-order valence-corrected chi connectivity index (χ3v) is 8.24. The molecule has 2 N–H and O–H groups in total. The summed E-state index contributed by atoms with van der Waals surface area (Å²) in [6, 6.07) is 15.6. The predicted octanol–water partition coefficient (Wildman–Crippen LogP) is 8.14. The average Bonchev–Trinajstić information content (AvgIpc) is 3.65. The lowest BCUT2D eigenvalue weighted by atomic mass is 9.93. The largest absolute Gasteiger partial charge is 0.481 e. The zero-order chi connectivity index (χ0) is 27.9. The van der Waals surface area contributed by atoms with Crippen molar-refractivity contribution in [3.8, 4) is 21.6 Å². The first-order chi connectivity index (χ1) is 18.6. The molecule has 1 heterocycles. The van der Waals surface area contributed by atoms with Crippen LogP contribution in [0.3, 0.4) is 0 Å². The number of carbonyl (C=O) groups is 2. The van der Waals surface area contributed by atoms with E-state index >= 15 is 8.78 Å². The van der Waals surface area contributed by atoms with Gasteiger partial charge in [0.25, 0.3) is 0 Å². The number of carboxylic acids is 1. The Balaban J connectivity index is 1.38. The molecule has 0 spiro atoms. The molecule has 0 saturated heterocycles. The van der Waals surface area contributed by atoms with Crippen molar-refractivity contribution in [2.75, 3.05) is 5.32 Å². The molecule has 1 aliphatic rings. The van der Waals surface area contributed by atoms with E-state index in [1.165, 1.54) is 0 Å². The molecular weight excluding hydrogens is 546 g/mol. The molecule has 4 aromatic rings. The molecule has 1 aromatic heterocycles. The standard InChI is InChI=1S/C29H23ClF2N2O4S/c1-15-25(33-28(37)38-16(2)19-5-3-4-6-22(19)30)26(39-34-15)21-14-23(31)20(13-24(21)32)17-7-9-18(10-8-17)29(11-12-29)27(35)36/h3-10,13-14,16H,11-12H2,1-2H3,(H,33,37)(H,35,36). The lowest BCUT2D eigenvalue weighted by Crippen LogP contribution is -2.19. The van der Waals surface area contributed by atoms with Crippen molar-refractivity contribution in [1.29, 1.82) is 0 Å². The molecule has 200 valence electrons. The molecule has 1 fully saturated rings. The highest BCUT2D eigenvalue weighted by Gasteiger charge is 2.51. The molecule has 1 unspecified atom stereocenters. The zero-order valence-corrected chi connectivity index (χ0v) is 22.5. The first-order valence-electron chi connectivity index (χ1n) is 12.1. The number of rotatable bonds is 7. The van der Waals surface area contributed by atoms with E-state index in [1.54, 1.807) is 62.4 Å². The van der Waals surface area contributed by atoms with E-state index in [4.69, 9.17) is 16.3 Å². The fraction of sp³-hybridized carbons (Fsp3) is 0.207. The van der Waals surface area contributed by atoms with Gasteiger partial charge in [-0.15, -0.1) is 0 Å². The Morgan fingerprint density at radius 1 is 1.08 bits per heavy atom. The monoisotopic (exact) mass is 568 g/mol. The highest BCUT2D eigenvalue weighted by Crippen LogP contribution is 2.49. The highest BCUT2D eigenvalue weighted by molar-refractivity contribution is 7.10. The number of nitrogens with one attached hydrogen (secondary N) is 1. The number of hydrogen-bond donors (Lipinski definition) is 2. The van der Waals surface area contributed by atoms with Gasteiger partial charge in [-0.25, -0.2) is 13.6 Å². The topological polar surface area (TPSA) is 88.5 Å². The molecule has 1 atom stereocenters. The van der Waals surface area contributed by atoms with Gasteiger partial charge < -0.3 is 9.84 Å². The molecule has 0 bridgehead atoms. The molecule has 1 saturated carbocycles. The van der Waals surface area contributed by atoms with Gasteiger partial charge in [0.2, 0.25) is 0 Å². The van der Waals surface area contributed by atoms with Crippen molar-refractivity contribution in [3.05, 3.63) is 94.1 Å². The summed E-state index contributed by atoms with van der Waals surface area (Å²) in [5.41, 5.74) is 1.41. The Labute approximate surface area is 232 Å². The van der Waals surface area contributed by atoms with E-state index in [0.29, 0.717) is 40.2 Å². The number of carboxylic acid groups (broad SMARTS) is 1. The van der Waals surface area contributed by atoms with Gasteiger partial charge >= 0.3 is 12.1 Å². The van der Waals surface area contributed by atoms with Crippen molar-refractivity contribution < 1.29 is 28.2 Å². The van der Waals surface area contributed by atoms with Gasteiger partial charge in [0.05, 0.1) is 21.7 Å². The fourth-order valence-electron chi connectivity index (χ4n) is 4.52. The van der Waals surface area contributed by atoms with Crippen LogP contribution in [0, 0.1) is 18.6 Å². The minimum atomic E-state index is -0.886. The van der Waals surface area contributed by atoms with Crippen LogP contribution in [0.25, 0.3) is 21.6 Å². The third-order valence-electron chi connectivity index (χ3n) is 6.93. The smallest absolute Gasteiger partial charge is 0.412 e. The van der Waals surface area contributed by atoms with Crippen molar-refractivity contribution in [2.24, 2.45) is 0 Å². The molecule has 39 heavy (non-hydrogen) atoms.